The molecule has 10 heavy (non-hydrogen) atoms. The minimum absolute atomic E-state index is 0.266. The molecule has 54 valence electrons. The second-order valence-corrected chi connectivity index (χ2v) is 1.98. The SMILES string of the molecule is CC1OC(C(=O)O)=CC1=O. The van der Waals surface area contributed by atoms with Crippen LogP contribution in [0.2, 0.25) is 0 Å². The smallest absolute Gasteiger partial charge is 0.371 e. The van der Waals surface area contributed by atoms with Crippen molar-refractivity contribution in [2.24, 2.45) is 0 Å². The lowest BCUT2D eigenvalue weighted by atomic mass is 10.3. The molecule has 0 saturated carbocycles. The molecule has 0 aromatic heterocycles. The highest BCUT2D eigenvalue weighted by atomic mass is 16.5. The van der Waals surface area contributed by atoms with Gasteiger partial charge in [-0.1, -0.05) is 0 Å². The Labute approximate surface area is 57.1 Å². The molecule has 0 aromatic carbocycles. The van der Waals surface area contributed by atoms with E-state index < -0.39 is 12.1 Å². The molecule has 1 atom stereocenters. The molecule has 0 saturated heterocycles. The van der Waals surface area contributed by atoms with Crippen LogP contribution >= 0.6 is 0 Å². The van der Waals surface area contributed by atoms with Gasteiger partial charge in [0.25, 0.3) is 0 Å². The summed E-state index contributed by atoms with van der Waals surface area (Å²) in [5, 5.41) is 8.30. The minimum Gasteiger partial charge on any atom is -0.475 e. The summed E-state index contributed by atoms with van der Waals surface area (Å²) < 4.78 is 4.65. The van der Waals surface area contributed by atoms with Gasteiger partial charge < -0.3 is 9.84 Å². The Hall–Kier alpha value is -1.32. The van der Waals surface area contributed by atoms with Crippen LogP contribution in [0.15, 0.2) is 11.8 Å². The summed E-state index contributed by atoms with van der Waals surface area (Å²) >= 11 is 0. The molecular formula is C6H6O4. The van der Waals surface area contributed by atoms with Gasteiger partial charge in [0.15, 0.2) is 11.9 Å². The monoisotopic (exact) mass is 142 g/mol. The van der Waals surface area contributed by atoms with E-state index in [1.54, 1.807) is 0 Å². The van der Waals surface area contributed by atoms with Crippen molar-refractivity contribution in [2.45, 2.75) is 13.0 Å². The number of aliphatic carboxylic acids is 1. The van der Waals surface area contributed by atoms with Crippen molar-refractivity contribution in [2.75, 3.05) is 0 Å². The molecule has 1 heterocycles. The number of carbonyl (C=O) groups is 2. The van der Waals surface area contributed by atoms with Crippen LogP contribution in [0.5, 0.6) is 0 Å². The van der Waals surface area contributed by atoms with Crippen molar-refractivity contribution in [1.82, 2.24) is 0 Å². The first-order valence-electron chi connectivity index (χ1n) is 2.77. The number of hydrogen-bond acceptors (Lipinski definition) is 3. The van der Waals surface area contributed by atoms with Crippen LogP contribution in [-0.4, -0.2) is 23.0 Å². The van der Waals surface area contributed by atoms with E-state index in [9.17, 15) is 9.59 Å². The Morgan fingerprint density at radius 1 is 1.80 bits per heavy atom. The summed E-state index contributed by atoms with van der Waals surface area (Å²) in [4.78, 5) is 20.8. The van der Waals surface area contributed by atoms with Gasteiger partial charge in [0, 0.05) is 6.08 Å². The number of carboxylic acid groups (broad SMARTS) is 1. The van der Waals surface area contributed by atoms with Gasteiger partial charge in [-0.05, 0) is 6.92 Å². The van der Waals surface area contributed by atoms with Gasteiger partial charge in [-0.15, -0.1) is 0 Å². The fourth-order valence-electron chi connectivity index (χ4n) is 0.641. The highest BCUT2D eigenvalue weighted by Gasteiger charge is 2.26. The Morgan fingerprint density at radius 3 is 2.60 bits per heavy atom. The van der Waals surface area contributed by atoms with Crippen LogP contribution in [0.4, 0.5) is 0 Å². The van der Waals surface area contributed by atoms with Crippen molar-refractivity contribution < 1.29 is 19.4 Å². The molecule has 0 aliphatic carbocycles. The summed E-state index contributed by atoms with van der Waals surface area (Å²) in [5.74, 6) is -1.76. The molecule has 1 aliphatic heterocycles. The topological polar surface area (TPSA) is 63.6 Å². The average molecular weight is 142 g/mol. The van der Waals surface area contributed by atoms with Crippen molar-refractivity contribution in [3.05, 3.63) is 11.8 Å². The van der Waals surface area contributed by atoms with E-state index in [1.807, 2.05) is 0 Å². The van der Waals surface area contributed by atoms with Gasteiger partial charge in [0.2, 0.25) is 5.76 Å². The fourth-order valence-corrected chi connectivity index (χ4v) is 0.641. The van der Waals surface area contributed by atoms with Gasteiger partial charge in [-0.3, -0.25) is 4.79 Å². The van der Waals surface area contributed by atoms with E-state index in [0.29, 0.717) is 0 Å². The van der Waals surface area contributed by atoms with Gasteiger partial charge in [0.05, 0.1) is 0 Å². The lowest BCUT2D eigenvalue weighted by molar-refractivity contribution is -0.137. The minimum atomic E-state index is -1.20. The standard InChI is InChI=1S/C6H6O4/c1-3-4(7)2-5(10-3)6(8)9/h2-3H,1H3,(H,8,9). The van der Waals surface area contributed by atoms with Crippen LogP contribution in [0.3, 0.4) is 0 Å². The number of hydrogen-bond donors (Lipinski definition) is 1. The second kappa shape index (κ2) is 2.13. The van der Waals surface area contributed by atoms with Crippen molar-refractivity contribution >= 4 is 11.8 Å². The summed E-state index contributed by atoms with van der Waals surface area (Å²) in [6.45, 7) is 1.51. The molecule has 0 aromatic rings. The van der Waals surface area contributed by atoms with E-state index >= 15 is 0 Å². The van der Waals surface area contributed by atoms with Crippen LogP contribution in [0.1, 0.15) is 6.92 Å². The number of ketones is 1. The first-order valence-corrected chi connectivity index (χ1v) is 2.77. The third-order valence-corrected chi connectivity index (χ3v) is 1.19. The van der Waals surface area contributed by atoms with Gasteiger partial charge >= 0.3 is 5.97 Å². The van der Waals surface area contributed by atoms with E-state index in [2.05, 4.69) is 4.74 Å². The van der Waals surface area contributed by atoms with E-state index in [-0.39, 0.29) is 11.5 Å². The molecule has 0 bridgehead atoms. The lowest BCUT2D eigenvalue weighted by Gasteiger charge is -2.01. The number of rotatable bonds is 1. The summed E-state index contributed by atoms with van der Waals surface area (Å²) in [6.07, 6.45) is 0.360. The zero-order chi connectivity index (χ0) is 7.72. The molecule has 1 rings (SSSR count). The summed E-state index contributed by atoms with van der Waals surface area (Å²) in [7, 11) is 0. The maximum atomic E-state index is 10.6. The Bertz CT molecular complexity index is 216. The first kappa shape index (κ1) is 6.80. The molecule has 0 spiro atoms. The first-order chi connectivity index (χ1) is 4.61. The molecule has 1 N–H and O–H groups in total. The highest BCUT2D eigenvalue weighted by Crippen LogP contribution is 2.12. The molecule has 0 amide bonds. The number of carbonyl (C=O) groups excluding carboxylic acids is 1. The van der Waals surface area contributed by atoms with Gasteiger partial charge in [0.1, 0.15) is 0 Å². The molecule has 4 nitrogen and oxygen atoms in total. The summed E-state index contributed by atoms with van der Waals surface area (Å²) in [6, 6.07) is 0. The Morgan fingerprint density at radius 2 is 2.40 bits per heavy atom. The molecule has 0 fully saturated rings. The predicted molar refractivity (Wildman–Crippen MR) is 31.3 cm³/mol. The second-order valence-electron chi connectivity index (χ2n) is 1.98. The van der Waals surface area contributed by atoms with Crippen LogP contribution in [0, 0.1) is 0 Å². The average Bonchev–Trinajstić information content (AvgIpc) is 2.13. The van der Waals surface area contributed by atoms with Crippen molar-refractivity contribution in [3.63, 3.8) is 0 Å². The van der Waals surface area contributed by atoms with Crippen LogP contribution in [-0.2, 0) is 14.3 Å². The largest absolute Gasteiger partial charge is 0.475 e. The van der Waals surface area contributed by atoms with E-state index in [0.717, 1.165) is 6.08 Å². The van der Waals surface area contributed by atoms with Crippen LogP contribution in [0.25, 0.3) is 0 Å². The quantitative estimate of drug-likeness (QED) is 0.557. The van der Waals surface area contributed by atoms with Gasteiger partial charge in [-0.25, -0.2) is 4.79 Å². The summed E-state index contributed by atoms with van der Waals surface area (Å²) in [5.41, 5.74) is 0. The lowest BCUT2D eigenvalue weighted by Crippen LogP contribution is -2.11. The molecule has 1 aliphatic rings. The highest BCUT2D eigenvalue weighted by molar-refractivity contribution is 6.02. The van der Waals surface area contributed by atoms with Crippen molar-refractivity contribution in [1.29, 1.82) is 0 Å². The van der Waals surface area contributed by atoms with E-state index in [1.165, 1.54) is 6.92 Å². The number of ether oxygens (including phenoxy) is 1. The zero-order valence-corrected chi connectivity index (χ0v) is 5.33. The third-order valence-electron chi connectivity index (χ3n) is 1.19. The third kappa shape index (κ3) is 1.00. The van der Waals surface area contributed by atoms with Crippen LogP contribution < -0.4 is 0 Å². The Kier molecular flexibility index (Phi) is 1.45. The zero-order valence-electron chi connectivity index (χ0n) is 5.33. The molecular weight excluding hydrogens is 136 g/mol. The molecule has 0 radical (unpaired) electrons. The van der Waals surface area contributed by atoms with E-state index in [4.69, 9.17) is 5.11 Å². The normalized spacial score (nSPS) is 23.9. The van der Waals surface area contributed by atoms with Crippen molar-refractivity contribution in [3.8, 4) is 0 Å². The number of carboxylic acids is 1. The maximum absolute atomic E-state index is 10.6. The maximum Gasteiger partial charge on any atom is 0.371 e. The fraction of sp³-hybridized carbons (Fsp3) is 0.333. The molecule has 4 heteroatoms. The predicted octanol–water partition coefficient (Wildman–Crippen LogP) is -0.0573. The van der Waals surface area contributed by atoms with Gasteiger partial charge in [-0.2, -0.15) is 0 Å². The molecule has 1 unspecified atom stereocenters. The Balaban J connectivity index is 2.77.